The van der Waals surface area contributed by atoms with E-state index in [-0.39, 0.29) is 5.69 Å². The van der Waals surface area contributed by atoms with E-state index in [1.807, 2.05) is 23.9 Å². The molecule has 2 aromatic rings. The van der Waals surface area contributed by atoms with Gasteiger partial charge in [-0.1, -0.05) is 19.1 Å². The third-order valence-corrected chi connectivity index (χ3v) is 3.57. The fraction of sp³-hybridized carbons (Fsp3) is 0.571. The largest absolute Gasteiger partial charge is 0.464 e. The van der Waals surface area contributed by atoms with Gasteiger partial charge in [0.1, 0.15) is 0 Å². The minimum atomic E-state index is -0.455. The van der Waals surface area contributed by atoms with Crippen LogP contribution in [0.5, 0.6) is 0 Å². The second-order valence-corrected chi connectivity index (χ2v) is 4.93. The lowest BCUT2D eigenvalue weighted by Gasteiger charge is -2.08. The molecule has 7 heteroatoms. The van der Waals surface area contributed by atoms with Crippen molar-refractivity contribution >= 4 is 5.97 Å². The third kappa shape index (κ3) is 3.12. The Bertz CT molecular complexity index is 617. The molecule has 21 heavy (non-hydrogen) atoms. The first-order valence-electron chi connectivity index (χ1n) is 7.15. The maximum Gasteiger partial charge on any atom is 0.360 e. The number of hydrogen-bond acceptors (Lipinski definition) is 5. The second-order valence-electron chi connectivity index (χ2n) is 4.93. The molecular formula is C14H21N5O2. The molecule has 7 nitrogen and oxygen atoms in total. The number of ether oxygens (including phenoxy) is 1. The molecule has 0 aliphatic rings. The Morgan fingerprint density at radius 2 is 2.19 bits per heavy atom. The van der Waals surface area contributed by atoms with Crippen LogP contribution >= 0.6 is 0 Å². The lowest BCUT2D eigenvalue weighted by Crippen LogP contribution is -2.11. The first-order valence-corrected chi connectivity index (χ1v) is 7.15. The number of rotatable bonds is 6. The number of aromatic nitrogens is 5. The first kappa shape index (κ1) is 15.2. The Labute approximate surface area is 123 Å². The highest BCUT2D eigenvalue weighted by Gasteiger charge is 2.19. The van der Waals surface area contributed by atoms with Crippen LogP contribution in [0.1, 0.15) is 55.1 Å². The van der Waals surface area contributed by atoms with Gasteiger partial charge in [0.25, 0.3) is 0 Å². The molecule has 0 amide bonds. The molecule has 0 spiro atoms. The monoisotopic (exact) mass is 291 g/mol. The van der Waals surface area contributed by atoms with Gasteiger partial charge in [0.15, 0.2) is 5.69 Å². The van der Waals surface area contributed by atoms with Gasteiger partial charge in [0, 0.05) is 12.2 Å². The second kappa shape index (κ2) is 6.51. The molecule has 2 rings (SSSR count). The van der Waals surface area contributed by atoms with Crippen molar-refractivity contribution < 1.29 is 9.53 Å². The first-order chi connectivity index (χ1) is 10.1. The van der Waals surface area contributed by atoms with Crippen molar-refractivity contribution in [3.8, 4) is 0 Å². The normalized spacial score (nSPS) is 12.4. The van der Waals surface area contributed by atoms with Crippen molar-refractivity contribution in [2.24, 2.45) is 0 Å². The van der Waals surface area contributed by atoms with Gasteiger partial charge >= 0.3 is 5.97 Å². The van der Waals surface area contributed by atoms with Gasteiger partial charge in [0.2, 0.25) is 0 Å². The summed E-state index contributed by atoms with van der Waals surface area (Å²) in [5, 5.41) is 12.5. The van der Waals surface area contributed by atoms with E-state index in [0.717, 1.165) is 17.8 Å². The minimum absolute atomic E-state index is 0.279. The lowest BCUT2D eigenvalue weighted by atomic mass is 10.2. The molecule has 2 heterocycles. The van der Waals surface area contributed by atoms with E-state index in [0.29, 0.717) is 19.0 Å². The summed E-state index contributed by atoms with van der Waals surface area (Å²) < 4.78 is 8.37. The summed E-state index contributed by atoms with van der Waals surface area (Å²) >= 11 is 0. The summed E-state index contributed by atoms with van der Waals surface area (Å²) in [7, 11) is 1.34. The van der Waals surface area contributed by atoms with E-state index in [1.165, 1.54) is 7.11 Å². The van der Waals surface area contributed by atoms with Crippen molar-refractivity contribution in [1.29, 1.82) is 0 Å². The van der Waals surface area contributed by atoms with E-state index in [2.05, 4.69) is 29.3 Å². The van der Waals surface area contributed by atoms with Crippen molar-refractivity contribution in [3.05, 3.63) is 29.3 Å². The van der Waals surface area contributed by atoms with Gasteiger partial charge in [0.05, 0.1) is 25.0 Å². The lowest BCUT2D eigenvalue weighted by molar-refractivity contribution is 0.0592. The van der Waals surface area contributed by atoms with Crippen molar-refractivity contribution in [3.63, 3.8) is 0 Å². The standard InChI is InChI=1S/C14H21N5O2/c1-5-10(3)18-8-7-11(16-18)9-19-12(6-2)13(15-17-19)14(20)21-4/h7-8,10H,5-6,9H2,1-4H3. The SMILES string of the molecule is CCc1c(C(=O)OC)nnn1Cc1ccn(C(C)CC)n1. The van der Waals surface area contributed by atoms with Gasteiger partial charge in [-0.05, 0) is 25.8 Å². The highest BCUT2D eigenvalue weighted by Crippen LogP contribution is 2.12. The summed E-state index contributed by atoms with van der Waals surface area (Å²) in [5.74, 6) is -0.455. The maximum absolute atomic E-state index is 11.6. The third-order valence-electron chi connectivity index (χ3n) is 3.57. The molecule has 0 saturated carbocycles. The minimum Gasteiger partial charge on any atom is -0.464 e. The summed E-state index contributed by atoms with van der Waals surface area (Å²) in [5.41, 5.74) is 1.94. The van der Waals surface area contributed by atoms with Gasteiger partial charge in [-0.15, -0.1) is 5.10 Å². The molecule has 0 N–H and O–H groups in total. The average Bonchev–Trinajstić information content (AvgIpc) is 3.12. The van der Waals surface area contributed by atoms with Crippen LogP contribution in [0.2, 0.25) is 0 Å². The molecule has 0 bridgehead atoms. The quantitative estimate of drug-likeness (QED) is 0.759. The van der Waals surface area contributed by atoms with Crippen molar-refractivity contribution in [2.45, 2.75) is 46.2 Å². The molecule has 1 atom stereocenters. The van der Waals surface area contributed by atoms with Gasteiger partial charge in [-0.2, -0.15) is 5.10 Å². The zero-order chi connectivity index (χ0) is 15.4. The van der Waals surface area contributed by atoms with Gasteiger partial charge < -0.3 is 4.74 Å². The number of carbonyl (C=O) groups is 1. The van der Waals surface area contributed by atoms with Crippen LogP contribution in [0.3, 0.4) is 0 Å². The number of carbonyl (C=O) groups excluding carboxylic acids is 1. The van der Waals surface area contributed by atoms with Crippen LogP contribution in [0.4, 0.5) is 0 Å². The van der Waals surface area contributed by atoms with Crippen molar-refractivity contribution in [1.82, 2.24) is 24.8 Å². The Morgan fingerprint density at radius 3 is 2.81 bits per heavy atom. The summed E-state index contributed by atoms with van der Waals surface area (Å²) in [6, 6.07) is 2.33. The summed E-state index contributed by atoms with van der Waals surface area (Å²) in [4.78, 5) is 11.6. The summed E-state index contributed by atoms with van der Waals surface area (Å²) in [6.45, 7) is 6.70. The van der Waals surface area contributed by atoms with Crippen LogP contribution in [-0.2, 0) is 17.7 Å². The Balaban J connectivity index is 2.21. The van der Waals surface area contributed by atoms with Crippen LogP contribution in [0.15, 0.2) is 12.3 Å². The van der Waals surface area contributed by atoms with Crippen LogP contribution in [0.25, 0.3) is 0 Å². The van der Waals surface area contributed by atoms with Crippen LogP contribution in [0, 0.1) is 0 Å². The molecule has 0 saturated heterocycles. The zero-order valence-corrected chi connectivity index (χ0v) is 12.9. The predicted octanol–water partition coefficient (Wildman–Crippen LogP) is 1.84. The molecule has 0 radical (unpaired) electrons. The molecule has 114 valence electrons. The predicted molar refractivity (Wildman–Crippen MR) is 77.1 cm³/mol. The maximum atomic E-state index is 11.6. The topological polar surface area (TPSA) is 74.8 Å². The number of nitrogens with zero attached hydrogens (tertiary/aromatic N) is 5. The van der Waals surface area contributed by atoms with E-state index in [1.54, 1.807) is 4.68 Å². The molecule has 0 fully saturated rings. The van der Waals surface area contributed by atoms with E-state index >= 15 is 0 Å². The van der Waals surface area contributed by atoms with Gasteiger partial charge in [-0.3, -0.25) is 4.68 Å². The number of esters is 1. The Hall–Kier alpha value is -2.18. The van der Waals surface area contributed by atoms with E-state index < -0.39 is 5.97 Å². The highest BCUT2D eigenvalue weighted by molar-refractivity contribution is 5.88. The molecule has 0 aromatic carbocycles. The number of hydrogen-bond donors (Lipinski definition) is 0. The zero-order valence-electron chi connectivity index (χ0n) is 12.9. The molecule has 0 aliphatic carbocycles. The average molecular weight is 291 g/mol. The molecular weight excluding hydrogens is 270 g/mol. The molecule has 0 aliphatic heterocycles. The Kier molecular flexibility index (Phi) is 4.72. The van der Waals surface area contributed by atoms with E-state index in [9.17, 15) is 4.79 Å². The van der Waals surface area contributed by atoms with Crippen molar-refractivity contribution in [2.75, 3.05) is 7.11 Å². The highest BCUT2D eigenvalue weighted by atomic mass is 16.5. The Morgan fingerprint density at radius 1 is 1.43 bits per heavy atom. The van der Waals surface area contributed by atoms with Crippen LogP contribution in [-0.4, -0.2) is 37.9 Å². The fourth-order valence-corrected chi connectivity index (χ4v) is 2.11. The molecule has 2 aromatic heterocycles. The molecule has 1 unspecified atom stereocenters. The fourth-order valence-electron chi connectivity index (χ4n) is 2.11. The van der Waals surface area contributed by atoms with E-state index in [4.69, 9.17) is 4.74 Å². The smallest absolute Gasteiger partial charge is 0.360 e. The number of methoxy groups -OCH3 is 1. The summed E-state index contributed by atoms with van der Waals surface area (Å²) in [6.07, 6.45) is 3.65. The van der Waals surface area contributed by atoms with Gasteiger partial charge in [-0.25, -0.2) is 9.48 Å². The van der Waals surface area contributed by atoms with Crippen LogP contribution < -0.4 is 0 Å².